The van der Waals surface area contributed by atoms with Gasteiger partial charge in [0.05, 0.1) is 11.6 Å². The van der Waals surface area contributed by atoms with Crippen molar-refractivity contribution >= 4 is 11.7 Å². The minimum absolute atomic E-state index is 0.00530. The highest BCUT2D eigenvalue weighted by atomic mass is 16.2. The third kappa shape index (κ3) is 4.94. The van der Waals surface area contributed by atoms with Crippen LogP contribution in [0.1, 0.15) is 29.8 Å². The Bertz CT molecular complexity index is 1120. The summed E-state index contributed by atoms with van der Waals surface area (Å²) in [4.78, 5) is 33.2. The summed E-state index contributed by atoms with van der Waals surface area (Å²) in [7, 11) is 0. The summed E-state index contributed by atoms with van der Waals surface area (Å²) in [5.74, 6) is 1.90. The van der Waals surface area contributed by atoms with E-state index in [1.807, 2.05) is 42.9 Å². The number of hydrogen-bond acceptors (Lipinski definition) is 7. The van der Waals surface area contributed by atoms with Crippen LogP contribution in [0.3, 0.4) is 0 Å². The lowest BCUT2D eigenvalue weighted by Gasteiger charge is -2.39. The average molecular weight is 461 g/mol. The van der Waals surface area contributed by atoms with Crippen molar-refractivity contribution < 1.29 is 4.79 Å². The first kappa shape index (κ1) is 22.5. The Morgan fingerprint density at radius 3 is 2.62 bits per heavy atom. The van der Waals surface area contributed by atoms with Crippen molar-refractivity contribution in [2.75, 3.05) is 44.2 Å². The lowest BCUT2D eigenvalue weighted by atomic mass is 9.96. The van der Waals surface area contributed by atoms with Gasteiger partial charge in [0.2, 0.25) is 5.91 Å². The highest BCUT2D eigenvalue weighted by Gasteiger charge is 2.31. The normalized spacial score (nSPS) is 19.4. The van der Waals surface area contributed by atoms with Crippen LogP contribution in [0.4, 0.5) is 5.82 Å². The predicted octanol–water partition coefficient (Wildman–Crippen LogP) is 2.23. The van der Waals surface area contributed by atoms with E-state index < -0.39 is 0 Å². The number of aromatic nitrogens is 5. The van der Waals surface area contributed by atoms with E-state index in [1.54, 1.807) is 12.5 Å². The number of nitrogens with zero attached hydrogens (tertiary/aromatic N) is 8. The molecule has 0 saturated carbocycles. The van der Waals surface area contributed by atoms with Crippen LogP contribution in [-0.2, 0) is 11.3 Å². The highest BCUT2D eigenvalue weighted by Crippen LogP contribution is 2.25. The van der Waals surface area contributed by atoms with Gasteiger partial charge in [-0.15, -0.1) is 0 Å². The molecule has 2 aliphatic rings. The molecule has 0 spiro atoms. The number of piperazine rings is 1. The number of carbonyl (C=O) groups excluding carboxylic acids is 1. The van der Waals surface area contributed by atoms with Crippen LogP contribution in [0.2, 0.25) is 0 Å². The van der Waals surface area contributed by atoms with E-state index in [1.165, 1.54) is 5.56 Å². The molecule has 0 N–H and O–H groups in total. The van der Waals surface area contributed by atoms with Gasteiger partial charge in [0.25, 0.3) is 0 Å². The lowest BCUT2D eigenvalue weighted by Crippen LogP contribution is -2.52. The Kier molecular flexibility index (Phi) is 6.53. The molecule has 0 radical (unpaired) electrons. The number of anilines is 1. The Morgan fingerprint density at radius 1 is 1.06 bits per heavy atom. The zero-order chi connectivity index (χ0) is 23.5. The maximum absolute atomic E-state index is 13.4. The molecule has 1 unspecified atom stereocenters. The number of rotatable bonds is 5. The van der Waals surface area contributed by atoms with Gasteiger partial charge in [-0.25, -0.2) is 14.6 Å². The fourth-order valence-electron chi connectivity index (χ4n) is 5.01. The minimum Gasteiger partial charge on any atom is -0.356 e. The van der Waals surface area contributed by atoms with Gasteiger partial charge < -0.3 is 9.80 Å². The van der Waals surface area contributed by atoms with E-state index in [4.69, 9.17) is 0 Å². The van der Waals surface area contributed by atoms with Gasteiger partial charge in [0.1, 0.15) is 12.1 Å². The van der Waals surface area contributed by atoms with E-state index in [9.17, 15) is 4.79 Å². The first-order chi connectivity index (χ1) is 16.6. The van der Waals surface area contributed by atoms with E-state index in [0.717, 1.165) is 75.1 Å². The van der Waals surface area contributed by atoms with Crippen molar-refractivity contribution in [1.29, 1.82) is 0 Å². The molecule has 5 heterocycles. The molecule has 5 rings (SSSR count). The SMILES string of the molecule is Cc1cc(C)n(-c2cc(N3CCCC(C(=O)N4CCN(Cc5cccnc5)CC4)C3)ncn2)n1. The van der Waals surface area contributed by atoms with Crippen LogP contribution >= 0.6 is 0 Å². The van der Waals surface area contributed by atoms with Crippen molar-refractivity contribution in [1.82, 2.24) is 34.5 Å². The van der Waals surface area contributed by atoms with Gasteiger partial charge in [0.15, 0.2) is 5.82 Å². The van der Waals surface area contributed by atoms with Crippen molar-refractivity contribution in [2.45, 2.75) is 33.2 Å². The third-order valence-corrected chi connectivity index (χ3v) is 6.77. The largest absolute Gasteiger partial charge is 0.356 e. The molecular formula is C25H32N8O. The third-order valence-electron chi connectivity index (χ3n) is 6.77. The second-order valence-corrected chi connectivity index (χ2v) is 9.32. The van der Waals surface area contributed by atoms with E-state index >= 15 is 0 Å². The van der Waals surface area contributed by atoms with Gasteiger partial charge >= 0.3 is 0 Å². The van der Waals surface area contributed by atoms with Crippen LogP contribution in [0.5, 0.6) is 0 Å². The molecule has 9 heteroatoms. The molecule has 3 aromatic heterocycles. The van der Waals surface area contributed by atoms with Gasteiger partial charge in [-0.05, 0) is 44.4 Å². The number of piperidine rings is 1. The molecule has 3 aromatic rings. The fourth-order valence-corrected chi connectivity index (χ4v) is 5.01. The molecule has 0 aromatic carbocycles. The Morgan fingerprint density at radius 2 is 1.88 bits per heavy atom. The second kappa shape index (κ2) is 9.89. The summed E-state index contributed by atoms with van der Waals surface area (Å²) in [5.41, 5.74) is 3.22. The lowest BCUT2D eigenvalue weighted by molar-refractivity contribution is -0.137. The summed E-state index contributed by atoms with van der Waals surface area (Å²) in [6.07, 6.45) is 7.22. The van der Waals surface area contributed by atoms with Crippen LogP contribution in [0, 0.1) is 19.8 Å². The average Bonchev–Trinajstić information content (AvgIpc) is 3.22. The van der Waals surface area contributed by atoms with Crippen molar-refractivity contribution in [3.63, 3.8) is 0 Å². The van der Waals surface area contributed by atoms with Crippen molar-refractivity contribution in [2.24, 2.45) is 5.92 Å². The molecule has 34 heavy (non-hydrogen) atoms. The first-order valence-corrected chi connectivity index (χ1v) is 12.1. The van der Waals surface area contributed by atoms with E-state index in [2.05, 4.69) is 40.8 Å². The van der Waals surface area contributed by atoms with Crippen molar-refractivity contribution in [3.05, 3.63) is 59.9 Å². The number of pyridine rings is 1. The van der Waals surface area contributed by atoms with Gasteiger partial charge in [-0.1, -0.05) is 6.07 Å². The van der Waals surface area contributed by atoms with E-state index in [0.29, 0.717) is 6.54 Å². The van der Waals surface area contributed by atoms with Crippen LogP contribution in [0.25, 0.3) is 5.82 Å². The second-order valence-electron chi connectivity index (χ2n) is 9.32. The Balaban J connectivity index is 1.20. The molecule has 2 fully saturated rings. The van der Waals surface area contributed by atoms with E-state index in [-0.39, 0.29) is 11.8 Å². The number of aryl methyl sites for hydroxylation is 2. The molecule has 1 amide bonds. The molecular weight excluding hydrogens is 428 g/mol. The maximum atomic E-state index is 13.4. The van der Waals surface area contributed by atoms with Gasteiger partial charge in [-0.2, -0.15) is 5.10 Å². The molecule has 1 atom stereocenters. The standard InChI is InChI=1S/C25H32N8O/c1-19-13-20(2)33(29-19)24-14-23(27-18-28-24)32-8-4-6-22(17-32)25(34)31-11-9-30(10-12-31)16-21-5-3-7-26-15-21/h3,5,7,13-15,18,22H,4,6,8-12,16-17H2,1-2H3. The highest BCUT2D eigenvalue weighted by molar-refractivity contribution is 5.80. The molecule has 0 bridgehead atoms. The summed E-state index contributed by atoms with van der Waals surface area (Å²) < 4.78 is 1.85. The summed E-state index contributed by atoms with van der Waals surface area (Å²) in [5, 5.41) is 4.54. The zero-order valence-corrected chi connectivity index (χ0v) is 20.0. The first-order valence-electron chi connectivity index (χ1n) is 12.1. The van der Waals surface area contributed by atoms with Crippen LogP contribution < -0.4 is 4.90 Å². The fraction of sp³-hybridized carbons (Fsp3) is 0.480. The van der Waals surface area contributed by atoms with Gasteiger partial charge in [0, 0.05) is 70.0 Å². The predicted molar refractivity (Wildman–Crippen MR) is 130 cm³/mol. The number of hydrogen-bond donors (Lipinski definition) is 0. The van der Waals surface area contributed by atoms with Crippen LogP contribution in [0.15, 0.2) is 43.0 Å². The van der Waals surface area contributed by atoms with Crippen LogP contribution in [-0.4, -0.2) is 79.7 Å². The molecule has 2 saturated heterocycles. The van der Waals surface area contributed by atoms with Crippen molar-refractivity contribution in [3.8, 4) is 5.82 Å². The Hall–Kier alpha value is -3.33. The number of amides is 1. The molecule has 9 nitrogen and oxygen atoms in total. The summed E-state index contributed by atoms with van der Waals surface area (Å²) >= 11 is 0. The summed E-state index contributed by atoms with van der Waals surface area (Å²) in [6.45, 7) is 9.84. The quantitative estimate of drug-likeness (QED) is 0.577. The number of carbonyl (C=O) groups is 1. The smallest absolute Gasteiger partial charge is 0.227 e. The van der Waals surface area contributed by atoms with Gasteiger partial charge in [-0.3, -0.25) is 14.7 Å². The molecule has 0 aliphatic carbocycles. The maximum Gasteiger partial charge on any atom is 0.227 e. The topological polar surface area (TPSA) is 83.3 Å². The summed E-state index contributed by atoms with van der Waals surface area (Å²) in [6, 6.07) is 8.09. The zero-order valence-electron chi connectivity index (χ0n) is 20.0. The molecule has 2 aliphatic heterocycles. The Labute approximate surface area is 200 Å². The minimum atomic E-state index is 0.00530. The molecule has 178 valence electrons. The monoisotopic (exact) mass is 460 g/mol.